The third kappa shape index (κ3) is 1.84. The molecule has 0 saturated heterocycles. The molecule has 0 unspecified atom stereocenters. The molecule has 0 fully saturated rings. The minimum atomic E-state index is -0.973. The van der Waals surface area contributed by atoms with Crippen molar-refractivity contribution in [3.63, 3.8) is 0 Å². The minimum Gasteiger partial charge on any atom is -0.368 e. The Morgan fingerprint density at radius 1 is 1.50 bits per heavy atom. The molecule has 0 aromatic heterocycles. The first-order chi connectivity index (χ1) is 6.46. The zero-order chi connectivity index (χ0) is 10.8. The van der Waals surface area contributed by atoms with Crippen molar-refractivity contribution < 1.29 is 9.59 Å². The van der Waals surface area contributed by atoms with Crippen LogP contribution >= 0.6 is 0 Å². The van der Waals surface area contributed by atoms with Crippen LogP contribution in [0.3, 0.4) is 0 Å². The number of allylic oxidation sites excluding steroid dienone is 2. The van der Waals surface area contributed by atoms with E-state index in [9.17, 15) is 9.59 Å². The van der Waals surface area contributed by atoms with Crippen LogP contribution in [0.5, 0.6) is 0 Å². The summed E-state index contributed by atoms with van der Waals surface area (Å²) < 4.78 is 0. The molecule has 0 bridgehead atoms. The van der Waals surface area contributed by atoms with Gasteiger partial charge in [-0.3, -0.25) is 9.59 Å². The maximum atomic E-state index is 11.6. The van der Waals surface area contributed by atoms with E-state index in [-0.39, 0.29) is 5.91 Å². The average Bonchev–Trinajstić information content (AvgIpc) is 2.29. The molecule has 0 aromatic carbocycles. The normalized spacial score (nSPS) is 17.0. The largest absolute Gasteiger partial charge is 0.368 e. The maximum absolute atomic E-state index is 11.6. The van der Waals surface area contributed by atoms with Gasteiger partial charge in [0.2, 0.25) is 11.8 Å². The summed E-state index contributed by atoms with van der Waals surface area (Å²) in [4.78, 5) is 24.1. The molecule has 0 spiro atoms. The van der Waals surface area contributed by atoms with Gasteiger partial charge in [0.05, 0.1) is 0 Å². The Kier molecular flexibility index (Phi) is 2.74. The molecular formula is C10H14N2O2. The Bertz CT molecular complexity index is 316. The van der Waals surface area contributed by atoms with Crippen molar-refractivity contribution in [3.05, 3.63) is 24.4 Å². The van der Waals surface area contributed by atoms with Gasteiger partial charge in [0.1, 0.15) is 5.54 Å². The van der Waals surface area contributed by atoms with Crippen LogP contribution < -0.4 is 5.73 Å². The molecular weight excluding hydrogens is 180 g/mol. The molecule has 14 heavy (non-hydrogen) atoms. The number of carbonyl (C=O) groups is 2. The molecule has 2 amide bonds. The van der Waals surface area contributed by atoms with E-state index in [1.54, 1.807) is 38.3 Å². The van der Waals surface area contributed by atoms with Gasteiger partial charge in [-0.05, 0) is 19.9 Å². The van der Waals surface area contributed by atoms with Crippen molar-refractivity contribution >= 4 is 11.8 Å². The van der Waals surface area contributed by atoms with Gasteiger partial charge in [-0.15, -0.1) is 0 Å². The highest BCUT2D eigenvalue weighted by molar-refractivity contribution is 5.91. The lowest BCUT2D eigenvalue weighted by molar-refractivity contribution is -0.140. The number of hydrogen-bond acceptors (Lipinski definition) is 2. The second-order valence-electron chi connectivity index (χ2n) is 3.66. The SMILES string of the molecule is CC(C)(C(N)=O)N1C=CC=CCC1=O. The first-order valence-corrected chi connectivity index (χ1v) is 4.41. The number of nitrogens with zero attached hydrogens (tertiary/aromatic N) is 1. The van der Waals surface area contributed by atoms with E-state index in [4.69, 9.17) is 5.73 Å². The number of carbonyl (C=O) groups excluding carboxylic acids is 2. The molecule has 0 aromatic rings. The topological polar surface area (TPSA) is 63.4 Å². The first kappa shape index (κ1) is 10.5. The Morgan fingerprint density at radius 2 is 2.14 bits per heavy atom. The lowest BCUT2D eigenvalue weighted by atomic mass is 10.0. The van der Waals surface area contributed by atoms with Gasteiger partial charge >= 0.3 is 0 Å². The number of primary amides is 1. The van der Waals surface area contributed by atoms with Gasteiger partial charge in [0.25, 0.3) is 0 Å². The van der Waals surface area contributed by atoms with Gasteiger partial charge in [0.15, 0.2) is 0 Å². The Hall–Kier alpha value is -1.58. The summed E-state index contributed by atoms with van der Waals surface area (Å²) >= 11 is 0. The van der Waals surface area contributed by atoms with Crippen LogP contribution in [0.1, 0.15) is 20.3 Å². The van der Waals surface area contributed by atoms with E-state index in [0.29, 0.717) is 6.42 Å². The monoisotopic (exact) mass is 194 g/mol. The minimum absolute atomic E-state index is 0.126. The summed E-state index contributed by atoms with van der Waals surface area (Å²) in [5, 5.41) is 0. The summed E-state index contributed by atoms with van der Waals surface area (Å²) in [7, 11) is 0. The standard InChI is InChI=1S/C10H14N2O2/c1-10(2,9(11)14)12-7-5-3-4-6-8(12)13/h3-5,7H,6H2,1-2H3,(H2,11,14). The van der Waals surface area contributed by atoms with Crippen LogP contribution in [-0.2, 0) is 9.59 Å². The summed E-state index contributed by atoms with van der Waals surface area (Å²) in [6.07, 6.45) is 7.11. The predicted octanol–water partition coefficient (Wildman–Crippen LogP) is 0.552. The summed E-state index contributed by atoms with van der Waals surface area (Å²) in [6.45, 7) is 3.26. The van der Waals surface area contributed by atoms with Crippen LogP contribution in [0.2, 0.25) is 0 Å². The van der Waals surface area contributed by atoms with Crippen LogP contribution in [0, 0.1) is 0 Å². The molecule has 1 aliphatic rings. The van der Waals surface area contributed by atoms with Crippen molar-refractivity contribution in [1.82, 2.24) is 4.90 Å². The number of amides is 2. The zero-order valence-corrected chi connectivity index (χ0v) is 8.36. The number of rotatable bonds is 2. The smallest absolute Gasteiger partial charge is 0.243 e. The molecule has 0 radical (unpaired) electrons. The van der Waals surface area contributed by atoms with E-state index in [2.05, 4.69) is 0 Å². The maximum Gasteiger partial charge on any atom is 0.243 e. The van der Waals surface area contributed by atoms with Gasteiger partial charge in [-0.2, -0.15) is 0 Å². The zero-order valence-electron chi connectivity index (χ0n) is 8.36. The number of hydrogen-bond donors (Lipinski definition) is 1. The van der Waals surface area contributed by atoms with Crippen molar-refractivity contribution in [2.45, 2.75) is 25.8 Å². The highest BCUT2D eigenvalue weighted by atomic mass is 16.2. The molecule has 4 heteroatoms. The average molecular weight is 194 g/mol. The van der Waals surface area contributed by atoms with E-state index >= 15 is 0 Å². The number of nitrogens with two attached hydrogens (primary N) is 1. The second kappa shape index (κ2) is 3.65. The van der Waals surface area contributed by atoms with Gasteiger partial charge < -0.3 is 10.6 Å². The second-order valence-corrected chi connectivity index (χ2v) is 3.66. The molecule has 76 valence electrons. The highest BCUT2D eigenvalue weighted by Gasteiger charge is 2.34. The van der Waals surface area contributed by atoms with E-state index in [0.717, 1.165) is 0 Å². The van der Waals surface area contributed by atoms with E-state index < -0.39 is 11.4 Å². The highest BCUT2D eigenvalue weighted by Crippen LogP contribution is 2.17. The summed E-state index contributed by atoms with van der Waals surface area (Å²) in [6, 6.07) is 0. The Balaban J connectivity index is 2.97. The fraction of sp³-hybridized carbons (Fsp3) is 0.400. The van der Waals surface area contributed by atoms with Gasteiger partial charge in [-0.1, -0.05) is 12.2 Å². The first-order valence-electron chi connectivity index (χ1n) is 4.41. The van der Waals surface area contributed by atoms with Crippen molar-refractivity contribution in [2.24, 2.45) is 5.73 Å². The molecule has 2 N–H and O–H groups in total. The third-order valence-corrected chi connectivity index (χ3v) is 2.25. The van der Waals surface area contributed by atoms with Crippen molar-refractivity contribution in [3.8, 4) is 0 Å². The van der Waals surface area contributed by atoms with Gasteiger partial charge in [-0.25, -0.2) is 0 Å². The van der Waals surface area contributed by atoms with Crippen LogP contribution in [0.15, 0.2) is 24.4 Å². The van der Waals surface area contributed by atoms with Gasteiger partial charge in [0, 0.05) is 12.6 Å². The molecule has 0 saturated carbocycles. The fourth-order valence-electron chi connectivity index (χ4n) is 1.18. The molecule has 1 rings (SSSR count). The summed E-state index contributed by atoms with van der Waals surface area (Å²) in [5.74, 6) is -0.642. The lowest BCUT2D eigenvalue weighted by Crippen LogP contribution is -2.53. The fourth-order valence-corrected chi connectivity index (χ4v) is 1.18. The van der Waals surface area contributed by atoms with Crippen molar-refractivity contribution in [2.75, 3.05) is 0 Å². The summed E-state index contributed by atoms with van der Waals surface area (Å²) in [5.41, 5.74) is 4.25. The van der Waals surface area contributed by atoms with Crippen LogP contribution in [0.25, 0.3) is 0 Å². The van der Waals surface area contributed by atoms with E-state index in [1.807, 2.05) is 0 Å². The molecule has 0 aliphatic carbocycles. The molecule has 1 aliphatic heterocycles. The van der Waals surface area contributed by atoms with Crippen molar-refractivity contribution in [1.29, 1.82) is 0 Å². The Labute approximate surface area is 83.1 Å². The third-order valence-electron chi connectivity index (χ3n) is 2.25. The molecule has 4 nitrogen and oxygen atoms in total. The molecule has 1 heterocycles. The molecule has 0 atom stereocenters. The lowest BCUT2D eigenvalue weighted by Gasteiger charge is -2.32. The van der Waals surface area contributed by atoms with E-state index in [1.165, 1.54) is 4.90 Å². The quantitative estimate of drug-likeness (QED) is 0.697. The predicted molar refractivity (Wildman–Crippen MR) is 53.0 cm³/mol. The van der Waals surface area contributed by atoms with Crippen LogP contribution in [-0.4, -0.2) is 22.3 Å². The Morgan fingerprint density at radius 3 is 2.71 bits per heavy atom. The van der Waals surface area contributed by atoms with Crippen LogP contribution in [0.4, 0.5) is 0 Å².